The molecular weight excluding hydrogens is 391 g/mol. The summed E-state index contributed by atoms with van der Waals surface area (Å²) in [7, 11) is 0. The van der Waals surface area contributed by atoms with Gasteiger partial charge in [-0.25, -0.2) is 4.79 Å². The molecule has 27 heavy (non-hydrogen) atoms. The van der Waals surface area contributed by atoms with Crippen molar-refractivity contribution in [3.8, 4) is 22.8 Å². The standard InChI is InChI=1S/C19H14Cl2N2O4/c20-15-7-12(27-10-19(25)26)8-16(21)13(15)5-11-1-2-18(24)14(6-11)17-9-22-3-4-23-17/h1-4,6-9,24H,5,10H2,(H,25,26). The lowest BCUT2D eigenvalue weighted by molar-refractivity contribution is -0.139. The number of rotatable bonds is 6. The highest BCUT2D eigenvalue weighted by Gasteiger charge is 2.13. The summed E-state index contributed by atoms with van der Waals surface area (Å²) in [6, 6.07) is 8.18. The average molecular weight is 405 g/mol. The van der Waals surface area contributed by atoms with E-state index in [1.54, 1.807) is 36.8 Å². The maximum atomic E-state index is 10.6. The van der Waals surface area contributed by atoms with Crippen molar-refractivity contribution in [1.82, 2.24) is 9.97 Å². The molecule has 0 atom stereocenters. The Morgan fingerprint density at radius 2 is 1.85 bits per heavy atom. The zero-order valence-electron chi connectivity index (χ0n) is 13.9. The van der Waals surface area contributed by atoms with Crippen LogP contribution in [0.1, 0.15) is 11.1 Å². The molecule has 3 rings (SSSR count). The van der Waals surface area contributed by atoms with E-state index in [-0.39, 0.29) is 11.5 Å². The molecule has 0 aliphatic carbocycles. The number of aromatic nitrogens is 2. The van der Waals surface area contributed by atoms with Gasteiger partial charge >= 0.3 is 5.97 Å². The summed E-state index contributed by atoms with van der Waals surface area (Å²) in [5, 5.41) is 19.5. The Bertz CT molecular complexity index is 958. The van der Waals surface area contributed by atoms with Crippen LogP contribution in [0.5, 0.6) is 11.5 Å². The van der Waals surface area contributed by atoms with Crippen LogP contribution in [0.2, 0.25) is 10.0 Å². The summed E-state index contributed by atoms with van der Waals surface area (Å²) >= 11 is 12.6. The monoisotopic (exact) mass is 404 g/mol. The minimum absolute atomic E-state index is 0.0915. The Morgan fingerprint density at radius 1 is 1.11 bits per heavy atom. The molecular formula is C19H14Cl2N2O4. The van der Waals surface area contributed by atoms with E-state index < -0.39 is 12.6 Å². The van der Waals surface area contributed by atoms with Gasteiger partial charge in [-0.05, 0) is 35.4 Å². The van der Waals surface area contributed by atoms with Gasteiger partial charge in [0.1, 0.15) is 11.5 Å². The van der Waals surface area contributed by atoms with Crippen LogP contribution >= 0.6 is 23.2 Å². The molecule has 138 valence electrons. The molecule has 0 unspecified atom stereocenters. The first kappa shape index (κ1) is 18.9. The van der Waals surface area contributed by atoms with Crippen molar-refractivity contribution in [2.45, 2.75) is 6.42 Å². The Morgan fingerprint density at radius 3 is 2.48 bits per heavy atom. The summed E-state index contributed by atoms with van der Waals surface area (Å²) in [6.45, 7) is -0.481. The summed E-state index contributed by atoms with van der Waals surface area (Å²) in [5.41, 5.74) is 2.62. The van der Waals surface area contributed by atoms with Crippen LogP contribution in [0, 0.1) is 0 Å². The number of ether oxygens (including phenoxy) is 1. The first-order valence-electron chi connectivity index (χ1n) is 7.85. The van der Waals surface area contributed by atoms with E-state index in [0.29, 0.717) is 33.3 Å². The van der Waals surface area contributed by atoms with Gasteiger partial charge in [-0.15, -0.1) is 0 Å². The zero-order chi connectivity index (χ0) is 19.4. The van der Waals surface area contributed by atoms with Gasteiger partial charge in [0, 0.05) is 34.4 Å². The lowest BCUT2D eigenvalue weighted by atomic mass is 10.0. The lowest BCUT2D eigenvalue weighted by Gasteiger charge is -2.12. The summed E-state index contributed by atoms with van der Waals surface area (Å²) in [6.07, 6.45) is 5.07. The van der Waals surface area contributed by atoms with Crippen LogP contribution in [0.4, 0.5) is 0 Å². The predicted octanol–water partition coefficient (Wildman–Crippen LogP) is 4.21. The number of hydrogen-bond donors (Lipinski definition) is 2. The first-order chi connectivity index (χ1) is 12.9. The normalized spacial score (nSPS) is 10.6. The Labute approximate surface area is 165 Å². The Balaban J connectivity index is 1.88. The third-order valence-electron chi connectivity index (χ3n) is 3.76. The maximum absolute atomic E-state index is 10.6. The van der Waals surface area contributed by atoms with Gasteiger partial charge in [0.15, 0.2) is 6.61 Å². The average Bonchev–Trinajstić information content (AvgIpc) is 2.65. The Kier molecular flexibility index (Phi) is 5.78. The van der Waals surface area contributed by atoms with E-state index in [1.165, 1.54) is 12.1 Å². The zero-order valence-corrected chi connectivity index (χ0v) is 15.4. The highest BCUT2D eigenvalue weighted by atomic mass is 35.5. The summed E-state index contributed by atoms with van der Waals surface area (Å²) < 4.78 is 5.11. The highest BCUT2D eigenvalue weighted by molar-refractivity contribution is 6.36. The van der Waals surface area contributed by atoms with E-state index >= 15 is 0 Å². The number of carboxylic acids is 1. The topological polar surface area (TPSA) is 92.5 Å². The van der Waals surface area contributed by atoms with Crippen molar-refractivity contribution in [2.24, 2.45) is 0 Å². The van der Waals surface area contributed by atoms with Crippen LogP contribution in [0.25, 0.3) is 11.3 Å². The van der Waals surface area contributed by atoms with Crippen LogP contribution in [-0.4, -0.2) is 32.8 Å². The van der Waals surface area contributed by atoms with Gasteiger partial charge in [-0.1, -0.05) is 29.3 Å². The lowest BCUT2D eigenvalue weighted by Crippen LogP contribution is -2.09. The number of phenolic OH excluding ortho intramolecular Hbond substituents is 1. The second kappa shape index (κ2) is 8.24. The first-order valence-corrected chi connectivity index (χ1v) is 8.60. The van der Waals surface area contributed by atoms with E-state index in [9.17, 15) is 9.90 Å². The summed E-state index contributed by atoms with van der Waals surface area (Å²) in [5.74, 6) is -0.720. The minimum Gasteiger partial charge on any atom is -0.507 e. The van der Waals surface area contributed by atoms with Crippen molar-refractivity contribution in [3.63, 3.8) is 0 Å². The van der Waals surface area contributed by atoms with Crippen LogP contribution in [-0.2, 0) is 11.2 Å². The fourth-order valence-electron chi connectivity index (χ4n) is 2.52. The number of nitrogens with zero attached hydrogens (tertiary/aromatic N) is 2. The maximum Gasteiger partial charge on any atom is 0.341 e. The number of aromatic hydroxyl groups is 1. The SMILES string of the molecule is O=C(O)COc1cc(Cl)c(Cc2ccc(O)c(-c3cnccn3)c2)c(Cl)c1. The number of carbonyl (C=O) groups is 1. The minimum atomic E-state index is -1.09. The number of aliphatic carboxylic acids is 1. The number of hydrogen-bond acceptors (Lipinski definition) is 5. The van der Waals surface area contributed by atoms with Gasteiger partial charge in [-0.2, -0.15) is 0 Å². The number of phenols is 1. The van der Waals surface area contributed by atoms with Gasteiger partial charge in [0.25, 0.3) is 0 Å². The third kappa shape index (κ3) is 4.67. The molecule has 0 aliphatic heterocycles. The number of halogens is 2. The Hall–Kier alpha value is -2.83. The molecule has 0 radical (unpaired) electrons. The molecule has 0 aliphatic rings. The van der Waals surface area contributed by atoms with Crippen LogP contribution in [0.15, 0.2) is 48.9 Å². The molecule has 6 nitrogen and oxygen atoms in total. The number of benzene rings is 2. The van der Waals surface area contributed by atoms with Crippen LogP contribution < -0.4 is 4.74 Å². The fourth-order valence-corrected chi connectivity index (χ4v) is 3.12. The molecule has 0 saturated heterocycles. The number of carboxylic acid groups (broad SMARTS) is 1. The third-order valence-corrected chi connectivity index (χ3v) is 4.43. The molecule has 2 N–H and O–H groups in total. The molecule has 1 heterocycles. The molecule has 0 bridgehead atoms. The van der Waals surface area contributed by atoms with E-state index in [1.807, 2.05) is 0 Å². The van der Waals surface area contributed by atoms with Crippen molar-refractivity contribution < 1.29 is 19.7 Å². The smallest absolute Gasteiger partial charge is 0.341 e. The molecule has 0 spiro atoms. The largest absolute Gasteiger partial charge is 0.507 e. The highest BCUT2D eigenvalue weighted by Crippen LogP contribution is 2.34. The molecule has 1 aromatic heterocycles. The second-order valence-electron chi connectivity index (χ2n) is 5.67. The summed E-state index contributed by atoms with van der Waals surface area (Å²) in [4.78, 5) is 18.8. The quantitative estimate of drug-likeness (QED) is 0.638. The van der Waals surface area contributed by atoms with E-state index in [4.69, 9.17) is 33.0 Å². The molecule has 3 aromatic rings. The molecule has 0 fully saturated rings. The van der Waals surface area contributed by atoms with Gasteiger partial charge in [0.2, 0.25) is 0 Å². The fraction of sp³-hybridized carbons (Fsp3) is 0.105. The van der Waals surface area contributed by atoms with E-state index in [0.717, 1.165) is 5.56 Å². The van der Waals surface area contributed by atoms with Crippen molar-refractivity contribution in [1.29, 1.82) is 0 Å². The van der Waals surface area contributed by atoms with Gasteiger partial charge in [-0.3, -0.25) is 9.97 Å². The predicted molar refractivity (Wildman–Crippen MR) is 102 cm³/mol. The molecule has 8 heteroatoms. The van der Waals surface area contributed by atoms with Crippen LogP contribution in [0.3, 0.4) is 0 Å². The van der Waals surface area contributed by atoms with Gasteiger partial charge < -0.3 is 14.9 Å². The van der Waals surface area contributed by atoms with Crippen molar-refractivity contribution in [2.75, 3.05) is 6.61 Å². The molecule has 2 aromatic carbocycles. The van der Waals surface area contributed by atoms with Crippen molar-refractivity contribution in [3.05, 3.63) is 70.1 Å². The second-order valence-corrected chi connectivity index (χ2v) is 6.48. The molecule has 0 saturated carbocycles. The van der Waals surface area contributed by atoms with E-state index in [2.05, 4.69) is 9.97 Å². The van der Waals surface area contributed by atoms with Gasteiger partial charge in [0.05, 0.1) is 11.9 Å². The molecule has 0 amide bonds. The van der Waals surface area contributed by atoms with Crippen molar-refractivity contribution >= 4 is 29.2 Å².